The van der Waals surface area contributed by atoms with Crippen LogP contribution in [0.15, 0.2) is 40.8 Å². The zero-order valence-electron chi connectivity index (χ0n) is 16.5. The van der Waals surface area contributed by atoms with Crippen LogP contribution in [0.3, 0.4) is 0 Å². The number of nitrogens with one attached hydrogen (secondary N) is 2. The Hall–Kier alpha value is -3.88. The van der Waals surface area contributed by atoms with Gasteiger partial charge in [0.2, 0.25) is 12.1 Å². The Morgan fingerprint density at radius 1 is 1.33 bits per heavy atom. The van der Waals surface area contributed by atoms with E-state index in [9.17, 15) is 14.4 Å². The number of rotatable bonds is 6. The van der Waals surface area contributed by atoms with E-state index >= 15 is 0 Å². The lowest BCUT2D eigenvalue weighted by Crippen LogP contribution is -2.42. The van der Waals surface area contributed by atoms with Crippen LogP contribution in [0.5, 0.6) is 5.75 Å². The molecule has 3 heterocycles. The van der Waals surface area contributed by atoms with E-state index < -0.39 is 12.1 Å². The first-order valence-electron chi connectivity index (χ1n) is 9.32. The zero-order chi connectivity index (χ0) is 21.3. The highest BCUT2D eigenvalue weighted by Gasteiger charge is 2.31. The number of furan rings is 1. The van der Waals surface area contributed by atoms with E-state index in [4.69, 9.17) is 9.15 Å². The summed E-state index contributed by atoms with van der Waals surface area (Å²) >= 11 is 0. The van der Waals surface area contributed by atoms with E-state index in [1.54, 1.807) is 30.2 Å². The number of ether oxygens (including phenoxy) is 1. The molecule has 1 aliphatic rings. The van der Waals surface area contributed by atoms with Crippen molar-refractivity contribution < 1.29 is 23.5 Å². The van der Waals surface area contributed by atoms with E-state index in [-0.39, 0.29) is 12.5 Å². The summed E-state index contributed by atoms with van der Waals surface area (Å²) in [5.41, 5.74) is 2.67. The lowest BCUT2D eigenvalue weighted by atomic mass is 10.1. The molecular formula is C21H20N4O5. The van der Waals surface area contributed by atoms with E-state index in [1.165, 1.54) is 0 Å². The van der Waals surface area contributed by atoms with Gasteiger partial charge < -0.3 is 19.4 Å². The molecule has 0 fully saturated rings. The first-order chi connectivity index (χ1) is 14.5. The van der Waals surface area contributed by atoms with Crippen LogP contribution < -0.4 is 15.4 Å². The molecule has 4 rings (SSSR count). The summed E-state index contributed by atoms with van der Waals surface area (Å²) in [6, 6.07) is 9.48. The molecular weight excluding hydrogens is 388 g/mol. The van der Waals surface area contributed by atoms with Crippen molar-refractivity contribution in [2.24, 2.45) is 0 Å². The minimum Gasteiger partial charge on any atom is -0.497 e. The quantitative estimate of drug-likeness (QED) is 0.605. The first-order valence-corrected chi connectivity index (χ1v) is 9.32. The molecule has 1 atom stereocenters. The maximum atomic E-state index is 12.9. The topological polar surface area (TPSA) is 114 Å². The molecule has 2 N–H and O–H groups in total. The fraction of sp³-hybridized carbons (Fsp3) is 0.238. The summed E-state index contributed by atoms with van der Waals surface area (Å²) in [5.74, 6) is 0.866. The van der Waals surface area contributed by atoms with Gasteiger partial charge in [-0.3, -0.25) is 14.9 Å². The average Bonchev–Trinajstić information content (AvgIpc) is 3.28. The molecule has 0 radical (unpaired) electrons. The number of imide groups is 1. The molecule has 9 nitrogen and oxygen atoms in total. The van der Waals surface area contributed by atoms with E-state index in [0.29, 0.717) is 35.7 Å². The Kier molecular flexibility index (Phi) is 5.09. The maximum absolute atomic E-state index is 12.9. The smallest absolute Gasteiger partial charge is 0.321 e. The molecule has 4 amide bonds. The third kappa shape index (κ3) is 3.69. The molecule has 3 aromatic rings. The number of pyridine rings is 1. The van der Waals surface area contributed by atoms with Crippen LogP contribution >= 0.6 is 0 Å². The minimum absolute atomic E-state index is 0.154. The molecule has 1 aromatic carbocycles. The van der Waals surface area contributed by atoms with Gasteiger partial charge in [-0.05, 0) is 42.8 Å². The number of carbonyl (C=O) groups excluding carboxylic acids is 3. The van der Waals surface area contributed by atoms with Crippen molar-refractivity contribution in [2.75, 3.05) is 13.7 Å². The number of carbonyl (C=O) groups is 3. The number of amides is 4. The minimum atomic E-state index is -0.689. The van der Waals surface area contributed by atoms with Gasteiger partial charge in [0, 0.05) is 29.7 Å². The molecule has 2 aromatic heterocycles. The largest absolute Gasteiger partial charge is 0.497 e. The third-order valence-electron chi connectivity index (χ3n) is 4.98. The summed E-state index contributed by atoms with van der Waals surface area (Å²) in [5, 5.41) is 5.51. The SMILES string of the molecule is COc1ccc2c(c1)C(=O)N(C[C@H](NC(=O)NC=O)c1cc3ccc(C)nc3o1)C2. The van der Waals surface area contributed by atoms with Crippen LogP contribution in [0.1, 0.15) is 33.4 Å². The normalized spacial score (nSPS) is 13.8. The molecule has 0 saturated heterocycles. The Labute approximate surface area is 172 Å². The molecule has 30 heavy (non-hydrogen) atoms. The van der Waals surface area contributed by atoms with Crippen molar-refractivity contribution >= 4 is 29.4 Å². The van der Waals surface area contributed by atoms with Crippen LogP contribution in [0.4, 0.5) is 4.79 Å². The Morgan fingerprint density at radius 3 is 2.93 bits per heavy atom. The van der Waals surface area contributed by atoms with Gasteiger partial charge in [0.05, 0.1) is 7.11 Å². The van der Waals surface area contributed by atoms with Gasteiger partial charge in [0.1, 0.15) is 17.6 Å². The lowest BCUT2D eigenvalue weighted by Gasteiger charge is -2.23. The van der Waals surface area contributed by atoms with Crippen molar-refractivity contribution in [3.05, 3.63) is 59.0 Å². The highest BCUT2D eigenvalue weighted by atomic mass is 16.5. The number of hydrogen-bond acceptors (Lipinski definition) is 6. The number of benzene rings is 1. The second-order valence-electron chi connectivity index (χ2n) is 6.99. The van der Waals surface area contributed by atoms with Crippen LogP contribution in [-0.4, -0.2) is 41.9 Å². The lowest BCUT2D eigenvalue weighted by molar-refractivity contribution is -0.108. The van der Waals surface area contributed by atoms with E-state index in [1.807, 2.05) is 30.4 Å². The predicted octanol–water partition coefficient (Wildman–Crippen LogP) is 2.30. The van der Waals surface area contributed by atoms with Gasteiger partial charge in [-0.1, -0.05) is 6.07 Å². The number of aryl methyl sites for hydroxylation is 1. The molecule has 154 valence electrons. The van der Waals surface area contributed by atoms with Crippen molar-refractivity contribution in [1.82, 2.24) is 20.5 Å². The number of fused-ring (bicyclic) bond motifs is 2. The third-order valence-corrected chi connectivity index (χ3v) is 4.98. The van der Waals surface area contributed by atoms with Crippen LogP contribution in [0.2, 0.25) is 0 Å². The average molecular weight is 408 g/mol. The standard InChI is InChI=1S/C21H20N4O5/c1-12-3-4-13-7-18(30-19(13)23-12)17(24-21(28)22-11-26)10-25-9-14-5-6-15(29-2)8-16(14)20(25)27/h3-8,11,17H,9-10H2,1-2H3,(H2,22,24,26,28)/t17-/m0/s1. The summed E-state index contributed by atoms with van der Waals surface area (Å²) in [7, 11) is 1.54. The maximum Gasteiger partial charge on any atom is 0.321 e. The summed E-state index contributed by atoms with van der Waals surface area (Å²) < 4.78 is 11.1. The Morgan fingerprint density at radius 2 is 2.17 bits per heavy atom. The fourth-order valence-electron chi connectivity index (χ4n) is 3.50. The number of nitrogens with zero attached hydrogens (tertiary/aromatic N) is 2. The summed E-state index contributed by atoms with van der Waals surface area (Å²) in [6.45, 7) is 2.40. The highest BCUT2D eigenvalue weighted by Crippen LogP contribution is 2.30. The first kappa shape index (κ1) is 19.4. The number of aromatic nitrogens is 1. The van der Waals surface area contributed by atoms with Crippen molar-refractivity contribution in [1.29, 1.82) is 0 Å². The Bertz CT molecular complexity index is 1140. The number of urea groups is 1. The van der Waals surface area contributed by atoms with Gasteiger partial charge in [-0.25, -0.2) is 9.78 Å². The number of hydrogen-bond donors (Lipinski definition) is 2. The summed E-state index contributed by atoms with van der Waals surface area (Å²) in [6.07, 6.45) is 0.291. The predicted molar refractivity (Wildman–Crippen MR) is 107 cm³/mol. The van der Waals surface area contributed by atoms with Gasteiger partial charge in [-0.2, -0.15) is 0 Å². The molecule has 0 saturated carbocycles. The van der Waals surface area contributed by atoms with Crippen molar-refractivity contribution in [3.8, 4) is 5.75 Å². The molecule has 0 spiro atoms. The van der Waals surface area contributed by atoms with E-state index in [2.05, 4.69) is 10.3 Å². The van der Waals surface area contributed by atoms with Crippen LogP contribution in [0, 0.1) is 6.92 Å². The second kappa shape index (κ2) is 7.86. The molecule has 0 unspecified atom stereocenters. The second-order valence-corrected chi connectivity index (χ2v) is 6.99. The fourth-order valence-corrected chi connectivity index (χ4v) is 3.50. The van der Waals surface area contributed by atoms with Crippen LogP contribution in [0.25, 0.3) is 11.1 Å². The molecule has 9 heteroatoms. The molecule has 0 aliphatic carbocycles. The molecule has 1 aliphatic heterocycles. The van der Waals surface area contributed by atoms with Gasteiger partial charge >= 0.3 is 6.03 Å². The summed E-state index contributed by atoms with van der Waals surface area (Å²) in [4.78, 5) is 41.5. The van der Waals surface area contributed by atoms with Crippen molar-refractivity contribution in [3.63, 3.8) is 0 Å². The zero-order valence-corrected chi connectivity index (χ0v) is 16.5. The number of methoxy groups -OCH3 is 1. The monoisotopic (exact) mass is 408 g/mol. The van der Waals surface area contributed by atoms with Gasteiger partial charge in [0.25, 0.3) is 5.91 Å². The van der Waals surface area contributed by atoms with Crippen molar-refractivity contribution in [2.45, 2.75) is 19.5 Å². The van der Waals surface area contributed by atoms with E-state index in [0.717, 1.165) is 16.6 Å². The van der Waals surface area contributed by atoms with Gasteiger partial charge in [0.15, 0.2) is 0 Å². The highest BCUT2D eigenvalue weighted by molar-refractivity contribution is 5.98. The Balaban J connectivity index is 1.62. The van der Waals surface area contributed by atoms with Gasteiger partial charge in [-0.15, -0.1) is 0 Å². The molecule has 0 bridgehead atoms. The van der Waals surface area contributed by atoms with Crippen LogP contribution in [-0.2, 0) is 11.3 Å².